The summed E-state index contributed by atoms with van der Waals surface area (Å²) in [6.45, 7) is 2.83. The molecule has 0 bridgehead atoms. The van der Waals surface area contributed by atoms with Gasteiger partial charge in [-0.3, -0.25) is 9.59 Å². The van der Waals surface area contributed by atoms with Gasteiger partial charge in [0.05, 0.1) is 35.8 Å². The lowest BCUT2D eigenvalue weighted by Gasteiger charge is -2.21. The second-order valence-corrected chi connectivity index (χ2v) is 15.1. The number of azo groups is 1. The summed E-state index contributed by atoms with van der Waals surface area (Å²) >= 11 is 1.34. The fourth-order valence-electron chi connectivity index (χ4n) is 8.12. The van der Waals surface area contributed by atoms with Crippen LogP contribution in [0.25, 0.3) is 27.2 Å². The van der Waals surface area contributed by atoms with Gasteiger partial charge in [-0.15, -0.1) is 10.2 Å². The Labute approximate surface area is 330 Å². The van der Waals surface area contributed by atoms with Crippen LogP contribution in [-0.4, -0.2) is 73.3 Å². The SMILES string of the molecule is COc1cc(N2CCCC2)c(OC)cc1/N=N/c1nc2ccc(C(=O)N3CCc4c(/C=C(\N)C(=O)N5CCc6c5ccc5[nH]c(C(=O)O)cc65)cccc43)cc2s1. The number of aromatic nitrogens is 2. The number of hydrogen-bond donors (Lipinski definition) is 3. The Balaban J connectivity index is 0.926. The number of nitrogens with two attached hydrogens (primary N) is 1. The molecule has 2 amide bonds. The summed E-state index contributed by atoms with van der Waals surface area (Å²) in [4.78, 5) is 52.4. The van der Waals surface area contributed by atoms with Gasteiger partial charge in [0.2, 0.25) is 5.13 Å². The summed E-state index contributed by atoms with van der Waals surface area (Å²) < 4.78 is 12.2. The van der Waals surface area contributed by atoms with Crippen molar-refractivity contribution in [3.8, 4) is 11.5 Å². The number of carboxylic acid groups (broad SMARTS) is 1. The van der Waals surface area contributed by atoms with E-state index in [1.807, 2.05) is 48.5 Å². The van der Waals surface area contributed by atoms with Gasteiger partial charge in [0.1, 0.15) is 22.9 Å². The van der Waals surface area contributed by atoms with Crippen LogP contribution in [0.5, 0.6) is 11.5 Å². The number of benzene rings is 4. The highest BCUT2D eigenvalue weighted by Crippen LogP contribution is 2.42. The van der Waals surface area contributed by atoms with Gasteiger partial charge in [-0.1, -0.05) is 23.5 Å². The van der Waals surface area contributed by atoms with Gasteiger partial charge >= 0.3 is 5.97 Å². The molecule has 5 heterocycles. The number of carboxylic acids is 1. The van der Waals surface area contributed by atoms with Gasteiger partial charge < -0.3 is 40.0 Å². The third kappa shape index (κ3) is 6.39. The minimum absolute atomic E-state index is 0.0710. The molecule has 14 nitrogen and oxygen atoms in total. The molecule has 0 radical (unpaired) electrons. The van der Waals surface area contributed by atoms with Crippen LogP contribution in [0.2, 0.25) is 0 Å². The molecule has 2 aromatic heterocycles. The molecule has 0 unspecified atom stereocenters. The number of methoxy groups -OCH3 is 2. The van der Waals surface area contributed by atoms with E-state index in [2.05, 4.69) is 25.1 Å². The fourth-order valence-corrected chi connectivity index (χ4v) is 8.95. The van der Waals surface area contributed by atoms with Crippen molar-refractivity contribution in [3.63, 3.8) is 0 Å². The van der Waals surface area contributed by atoms with Crippen LogP contribution in [0.1, 0.15) is 50.4 Å². The molecule has 0 saturated carbocycles. The largest absolute Gasteiger partial charge is 0.494 e. The Hall–Kier alpha value is -6.74. The van der Waals surface area contributed by atoms with Gasteiger partial charge in [0, 0.05) is 66.2 Å². The Kier molecular flexibility index (Phi) is 9.08. The Morgan fingerprint density at radius 2 is 1.63 bits per heavy atom. The van der Waals surface area contributed by atoms with Crippen LogP contribution in [0, 0.1) is 0 Å². The molecule has 9 rings (SSSR count). The number of carbonyl (C=O) groups is 3. The number of rotatable bonds is 9. The highest BCUT2D eigenvalue weighted by Gasteiger charge is 2.30. The van der Waals surface area contributed by atoms with Crippen molar-refractivity contribution in [2.45, 2.75) is 25.7 Å². The van der Waals surface area contributed by atoms with E-state index in [1.54, 1.807) is 48.3 Å². The first kappa shape index (κ1) is 35.9. The number of carbonyl (C=O) groups excluding carboxylic acids is 2. The number of nitrogens with one attached hydrogen (secondary N) is 1. The smallest absolute Gasteiger partial charge is 0.352 e. The zero-order valence-corrected chi connectivity index (χ0v) is 32.1. The topological polar surface area (TPSA) is 179 Å². The third-order valence-corrected chi connectivity index (χ3v) is 11.8. The summed E-state index contributed by atoms with van der Waals surface area (Å²) in [6, 6.07) is 20.1. The Bertz CT molecular complexity index is 2690. The normalized spacial score (nSPS) is 15.3. The van der Waals surface area contributed by atoms with E-state index in [0.717, 1.165) is 64.1 Å². The maximum atomic E-state index is 14.0. The lowest BCUT2D eigenvalue weighted by Crippen LogP contribution is -2.33. The van der Waals surface area contributed by atoms with Crippen molar-refractivity contribution < 1.29 is 29.0 Å². The first-order valence-electron chi connectivity index (χ1n) is 18.6. The van der Waals surface area contributed by atoms with Crippen LogP contribution in [0.15, 0.2) is 82.7 Å². The van der Waals surface area contributed by atoms with E-state index in [1.165, 1.54) is 11.3 Å². The number of thiazole rings is 1. The number of anilines is 3. The molecule has 57 heavy (non-hydrogen) atoms. The van der Waals surface area contributed by atoms with Crippen molar-refractivity contribution in [1.82, 2.24) is 9.97 Å². The van der Waals surface area contributed by atoms with Gasteiger partial charge in [-0.05, 0) is 90.9 Å². The quantitative estimate of drug-likeness (QED) is 0.0984. The number of nitrogens with zero attached hydrogens (tertiary/aromatic N) is 6. The molecule has 1 saturated heterocycles. The summed E-state index contributed by atoms with van der Waals surface area (Å²) in [5.74, 6) is -0.236. The first-order chi connectivity index (χ1) is 27.7. The molecule has 0 spiro atoms. The second kappa shape index (κ2) is 14.4. The molecule has 6 aromatic rings. The number of H-pyrrole nitrogens is 1. The van der Waals surface area contributed by atoms with Crippen molar-refractivity contribution in [2.24, 2.45) is 16.0 Å². The number of fused-ring (bicyclic) bond motifs is 5. The molecular weight excluding hydrogens is 745 g/mol. The van der Waals surface area contributed by atoms with Gasteiger partial charge in [-0.2, -0.15) is 0 Å². The molecule has 1 fully saturated rings. The second-order valence-electron chi connectivity index (χ2n) is 14.1. The van der Waals surface area contributed by atoms with Crippen LogP contribution in [-0.2, 0) is 17.6 Å². The molecule has 3 aliphatic rings. The van der Waals surface area contributed by atoms with E-state index in [0.29, 0.717) is 70.5 Å². The van der Waals surface area contributed by atoms with Crippen molar-refractivity contribution in [2.75, 3.05) is 55.1 Å². The monoisotopic (exact) mass is 782 g/mol. The van der Waals surface area contributed by atoms with Crippen LogP contribution in [0.3, 0.4) is 0 Å². The predicted octanol–water partition coefficient (Wildman–Crippen LogP) is 7.60. The lowest BCUT2D eigenvalue weighted by atomic mass is 10.0. The van der Waals surface area contributed by atoms with E-state index < -0.39 is 5.97 Å². The van der Waals surface area contributed by atoms with E-state index in [4.69, 9.17) is 15.2 Å². The predicted molar refractivity (Wildman–Crippen MR) is 220 cm³/mol. The van der Waals surface area contributed by atoms with E-state index in [9.17, 15) is 19.5 Å². The molecule has 0 atom stereocenters. The molecule has 4 N–H and O–H groups in total. The maximum absolute atomic E-state index is 14.0. The molecule has 3 aliphatic heterocycles. The van der Waals surface area contributed by atoms with Crippen molar-refractivity contribution >= 4 is 84.2 Å². The van der Waals surface area contributed by atoms with Crippen molar-refractivity contribution in [3.05, 3.63) is 100 Å². The maximum Gasteiger partial charge on any atom is 0.352 e. The van der Waals surface area contributed by atoms with Crippen molar-refractivity contribution in [1.29, 1.82) is 0 Å². The minimum Gasteiger partial charge on any atom is -0.494 e. The number of aromatic amines is 1. The van der Waals surface area contributed by atoms with Gasteiger partial charge in [-0.25, -0.2) is 9.78 Å². The summed E-state index contributed by atoms with van der Waals surface area (Å²) in [6.07, 6.45) is 5.13. The average Bonchev–Trinajstić information content (AvgIpc) is 4.07. The number of amides is 2. The highest BCUT2D eigenvalue weighted by atomic mass is 32.1. The van der Waals surface area contributed by atoms with Gasteiger partial charge in [0.15, 0.2) is 0 Å². The summed E-state index contributed by atoms with van der Waals surface area (Å²) in [7, 11) is 3.25. The summed E-state index contributed by atoms with van der Waals surface area (Å²) in [5, 5.41) is 19.6. The number of ether oxygens (including phenoxy) is 2. The van der Waals surface area contributed by atoms with Crippen LogP contribution >= 0.6 is 11.3 Å². The standard InChI is InChI=1S/C42H38N8O6S/c1-55-36-22-35(48-14-3-4-15-48)37(56-2)21-31(36)46-47-42-45-30-9-8-24(19-38(30)57-42)39(51)49-16-12-25-23(6-5-7-33(25)49)18-28(43)40(52)50-17-13-26-27-20-32(41(53)54)44-29(27)10-11-34(26)50/h5-11,18-22,44H,3-4,12-17,43H2,1-2H3,(H,53,54)/b28-18-,47-46+. The third-order valence-electron chi connectivity index (χ3n) is 10.9. The number of aromatic carboxylic acids is 1. The van der Waals surface area contributed by atoms with E-state index in [-0.39, 0.29) is 23.2 Å². The fraction of sp³-hybridized carbons (Fsp3) is 0.238. The van der Waals surface area contributed by atoms with Crippen LogP contribution < -0.4 is 29.9 Å². The lowest BCUT2D eigenvalue weighted by molar-refractivity contribution is -0.115. The molecule has 4 aromatic carbocycles. The molecule has 288 valence electrons. The highest BCUT2D eigenvalue weighted by molar-refractivity contribution is 7.21. The van der Waals surface area contributed by atoms with E-state index >= 15 is 0 Å². The molecule has 0 aliphatic carbocycles. The zero-order valence-electron chi connectivity index (χ0n) is 31.2. The molecule has 15 heteroatoms. The molecular formula is C42H38N8O6S. The zero-order chi connectivity index (χ0) is 39.4. The Morgan fingerprint density at radius 3 is 2.42 bits per heavy atom. The van der Waals surface area contributed by atoms with Crippen LogP contribution in [0.4, 0.5) is 27.9 Å². The number of hydrogen-bond acceptors (Lipinski definition) is 11. The minimum atomic E-state index is -1.04. The summed E-state index contributed by atoms with van der Waals surface area (Å²) in [5.41, 5.74) is 14.1. The van der Waals surface area contributed by atoms with Gasteiger partial charge in [0.25, 0.3) is 11.8 Å². The average molecular weight is 783 g/mol. The first-order valence-corrected chi connectivity index (χ1v) is 19.5. The Morgan fingerprint density at radius 1 is 0.860 bits per heavy atom.